The van der Waals surface area contributed by atoms with Crippen molar-refractivity contribution in [1.82, 2.24) is 5.32 Å². The van der Waals surface area contributed by atoms with Crippen LogP contribution in [0.3, 0.4) is 0 Å². The summed E-state index contributed by atoms with van der Waals surface area (Å²) in [6.45, 7) is 2.00. The van der Waals surface area contributed by atoms with E-state index in [9.17, 15) is 9.59 Å². The molecule has 0 saturated carbocycles. The fraction of sp³-hybridized carbons (Fsp3) is 0.182. The molecule has 5 nitrogen and oxygen atoms in total. The van der Waals surface area contributed by atoms with E-state index < -0.39 is 0 Å². The van der Waals surface area contributed by atoms with Crippen LogP contribution in [0.1, 0.15) is 33.4 Å². The lowest BCUT2D eigenvalue weighted by molar-refractivity contribution is 0.0926. The van der Waals surface area contributed by atoms with Crippen LogP contribution in [0, 0.1) is 0 Å². The van der Waals surface area contributed by atoms with Crippen LogP contribution in [-0.4, -0.2) is 25.3 Å². The molecule has 0 aliphatic rings. The molecule has 0 saturated heterocycles. The maximum atomic E-state index is 12.3. The topological polar surface area (TPSA) is 68.5 Å². The van der Waals surface area contributed by atoms with Crippen LogP contribution in [0.5, 0.6) is 5.75 Å². The van der Waals surface area contributed by atoms with Crippen molar-refractivity contribution in [1.29, 1.82) is 0 Å². The third-order valence-corrected chi connectivity index (χ3v) is 4.28. The summed E-state index contributed by atoms with van der Waals surface area (Å²) in [7, 11) is 1.63. The summed E-state index contributed by atoms with van der Waals surface area (Å²) in [5.41, 5.74) is 2.48. The third kappa shape index (κ3) is 4.44. The molecule has 5 heteroatoms. The highest BCUT2D eigenvalue weighted by Crippen LogP contribution is 2.23. The van der Waals surface area contributed by atoms with Crippen LogP contribution in [0.4, 0.5) is 0 Å². The minimum absolute atomic E-state index is 0.0103. The van der Waals surface area contributed by atoms with Crippen molar-refractivity contribution in [2.24, 2.45) is 0 Å². The summed E-state index contributed by atoms with van der Waals surface area (Å²) < 4.78 is 11.0. The first kappa shape index (κ1) is 18.5. The normalized spacial score (nSPS) is 10.4. The van der Waals surface area contributed by atoms with Crippen LogP contribution in [0.15, 0.2) is 65.1 Å². The number of ether oxygens (including phenoxy) is 1. The number of furan rings is 1. The van der Waals surface area contributed by atoms with Gasteiger partial charge in [0.25, 0.3) is 5.91 Å². The van der Waals surface area contributed by atoms with E-state index >= 15 is 0 Å². The number of ketones is 1. The fourth-order valence-corrected chi connectivity index (χ4v) is 2.79. The van der Waals surface area contributed by atoms with Crippen LogP contribution in [0.25, 0.3) is 11.3 Å². The Morgan fingerprint density at radius 3 is 2.44 bits per heavy atom. The first-order valence-corrected chi connectivity index (χ1v) is 8.70. The number of Topliss-reactive ketones (excluding diaryl/α,β-unsaturated/α-hetero) is 1. The first-order valence-electron chi connectivity index (χ1n) is 8.70. The van der Waals surface area contributed by atoms with E-state index in [1.54, 1.807) is 43.5 Å². The lowest BCUT2D eigenvalue weighted by Gasteiger charge is -2.08. The number of hydrogen-bond acceptors (Lipinski definition) is 4. The lowest BCUT2D eigenvalue weighted by atomic mass is 10.1. The van der Waals surface area contributed by atoms with Gasteiger partial charge in [-0.25, -0.2) is 0 Å². The van der Waals surface area contributed by atoms with Gasteiger partial charge in [0.2, 0.25) is 0 Å². The van der Waals surface area contributed by atoms with Gasteiger partial charge in [-0.2, -0.15) is 0 Å². The minimum atomic E-state index is -0.267. The highest BCUT2D eigenvalue weighted by Gasteiger charge is 2.12. The van der Waals surface area contributed by atoms with Crippen molar-refractivity contribution in [2.45, 2.75) is 13.3 Å². The predicted molar refractivity (Wildman–Crippen MR) is 103 cm³/mol. The zero-order valence-electron chi connectivity index (χ0n) is 15.3. The molecule has 0 atom stereocenters. The Bertz CT molecular complexity index is 941. The van der Waals surface area contributed by atoms with Gasteiger partial charge in [-0.05, 0) is 37.1 Å². The predicted octanol–water partition coefficient (Wildman–Crippen LogP) is 4.13. The SMILES string of the molecule is COc1ccccc1CCNC(=O)c1ccc(-c2ccc(C(C)=O)cc2)o1. The number of carbonyl (C=O) groups excluding carboxylic acids is 2. The van der Waals surface area contributed by atoms with Gasteiger partial charge in [-0.15, -0.1) is 0 Å². The van der Waals surface area contributed by atoms with Gasteiger partial charge < -0.3 is 14.5 Å². The molecule has 1 aromatic heterocycles. The molecule has 1 heterocycles. The molecule has 0 fully saturated rings. The van der Waals surface area contributed by atoms with Crippen molar-refractivity contribution in [3.8, 4) is 17.1 Å². The summed E-state index contributed by atoms with van der Waals surface area (Å²) >= 11 is 0. The molecule has 1 N–H and O–H groups in total. The monoisotopic (exact) mass is 363 g/mol. The number of methoxy groups -OCH3 is 1. The molecule has 0 aliphatic carbocycles. The van der Waals surface area contributed by atoms with Crippen LogP contribution in [0.2, 0.25) is 0 Å². The standard InChI is InChI=1S/C22H21NO4/c1-15(24)16-7-9-18(10-8-16)20-11-12-21(27-20)22(25)23-14-13-17-5-3-4-6-19(17)26-2/h3-12H,13-14H2,1-2H3,(H,23,25). The highest BCUT2D eigenvalue weighted by atomic mass is 16.5. The molecule has 3 rings (SSSR count). The second kappa shape index (κ2) is 8.36. The van der Waals surface area contributed by atoms with Crippen molar-refractivity contribution < 1.29 is 18.7 Å². The van der Waals surface area contributed by atoms with E-state index in [-0.39, 0.29) is 17.5 Å². The van der Waals surface area contributed by atoms with Crippen molar-refractivity contribution in [3.63, 3.8) is 0 Å². The Kier molecular flexibility index (Phi) is 5.71. The second-order valence-electron chi connectivity index (χ2n) is 6.12. The zero-order valence-corrected chi connectivity index (χ0v) is 15.3. The number of amides is 1. The Labute approximate surface area is 158 Å². The van der Waals surface area contributed by atoms with E-state index in [0.717, 1.165) is 16.9 Å². The zero-order chi connectivity index (χ0) is 19.2. The summed E-state index contributed by atoms with van der Waals surface area (Å²) in [5.74, 6) is 1.38. The highest BCUT2D eigenvalue weighted by molar-refractivity contribution is 5.94. The number of rotatable bonds is 7. The Morgan fingerprint density at radius 1 is 1.00 bits per heavy atom. The summed E-state index contributed by atoms with van der Waals surface area (Å²) in [5, 5.41) is 2.85. The quantitative estimate of drug-likeness (QED) is 0.641. The molecule has 3 aromatic rings. The molecular formula is C22H21NO4. The summed E-state index contributed by atoms with van der Waals surface area (Å²) in [4.78, 5) is 23.6. The van der Waals surface area contributed by atoms with E-state index in [1.807, 2.05) is 24.3 Å². The smallest absolute Gasteiger partial charge is 0.287 e. The van der Waals surface area contributed by atoms with E-state index in [0.29, 0.717) is 24.3 Å². The number of nitrogens with one attached hydrogen (secondary N) is 1. The average molecular weight is 363 g/mol. The van der Waals surface area contributed by atoms with Gasteiger partial charge in [0.1, 0.15) is 11.5 Å². The Morgan fingerprint density at radius 2 is 1.74 bits per heavy atom. The largest absolute Gasteiger partial charge is 0.496 e. The number of carbonyl (C=O) groups is 2. The molecule has 0 bridgehead atoms. The maximum Gasteiger partial charge on any atom is 0.287 e. The van der Waals surface area contributed by atoms with Crippen molar-refractivity contribution in [2.75, 3.05) is 13.7 Å². The number of para-hydroxylation sites is 1. The van der Waals surface area contributed by atoms with Gasteiger partial charge in [-0.1, -0.05) is 42.5 Å². The molecule has 2 aromatic carbocycles. The first-order chi connectivity index (χ1) is 13.1. The van der Waals surface area contributed by atoms with Crippen LogP contribution >= 0.6 is 0 Å². The van der Waals surface area contributed by atoms with Gasteiger partial charge in [0.05, 0.1) is 7.11 Å². The molecule has 0 aliphatic heterocycles. The van der Waals surface area contributed by atoms with Gasteiger partial charge in [-0.3, -0.25) is 9.59 Å². The molecular weight excluding hydrogens is 342 g/mol. The third-order valence-electron chi connectivity index (χ3n) is 4.28. The van der Waals surface area contributed by atoms with Crippen molar-refractivity contribution in [3.05, 3.63) is 77.6 Å². The lowest BCUT2D eigenvalue weighted by Crippen LogP contribution is -2.25. The van der Waals surface area contributed by atoms with E-state index in [1.165, 1.54) is 6.92 Å². The maximum absolute atomic E-state index is 12.3. The molecule has 0 unspecified atom stereocenters. The molecule has 138 valence electrons. The van der Waals surface area contributed by atoms with Gasteiger partial charge >= 0.3 is 0 Å². The van der Waals surface area contributed by atoms with E-state index in [4.69, 9.17) is 9.15 Å². The molecule has 1 amide bonds. The van der Waals surface area contributed by atoms with E-state index in [2.05, 4.69) is 5.32 Å². The number of benzene rings is 2. The van der Waals surface area contributed by atoms with Crippen LogP contribution in [-0.2, 0) is 6.42 Å². The van der Waals surface area contributed by atoms with Gasteiger partial charge in [0.15, 0.2) is 11.5 Å². The second-order valence-corrected chi connectivity index (χ2v) is 6.12. The average Bonchev–Trinajstić information content (AvgIpc) is 3.18. The Hall–Kier alpha value is -3.34. The molecule has 0 spiro atoms. The fourth-order valence-electron chi connectivity index (χ4n) is 2.79. The number of hydrogen-bond donors (Lipinski definition) is 1. The summed E-state index contributed by atoms with van der Waals surface area (Å²) in [6, 6.07) is 18.2. The molecule has 0 radical (unpaired) electrons. The van der Waals surface area contributed by atoms with Crippen LogP contribution < -0.4 is 10.1 Å². The minimum Gasteiger partial charge on any atom is -0.496 e. The van der Waals surface area contributed by atoms with Crippen molar-refractivity contribution >= 4 is 11.7 Å². The summed E-state index contributed by atoms with van der Waals surface area (Å²) in [6.07, 6.45) is 0.663. The Balaban J connectivity index is 1.60. The molecule has 27 heavy (non-hydrogen) atoms. The van der Waals surface area contributed by atoms with Gasteiger partial charge in [0, 0.05) is 17.7 Å².